The molecular formula is C23H30OSi2. The molecule has 136 valence electrons. The number of benzene rings is 2. The Labute approximate surface area is 160 Å². The van der Waals surface area contributed by atoms with Gasteiger partial charge in [-0.15, -0.1) is 0 Å². The molecule has 3 heteroatoms. The minimum absolute atomic E-state index is 0.432. The first-order valence-corrected chi connectivity index (χ1v) is 16.4. The van der Waals surface area contributed by atoms with E-state index in [1.165, 1.54) is 32.7 Å². The van der Waals surface area contributed by atoms with Crippen molar-refractivity contribution < 1.29 is 5.11 Å². The largest absolute Gasteiger partial charge is 0.385 e. The molecule has 2 aromatic rings. The minimum Gasteiger partial charge on any atom is -0.385 e. The van der Waals surface area contributed by atoms with Crippen LogP contribution in [0.4, 0.5) is 0 Å². The lowest BCUT2D eigenvalue weighted by Crippen LogP contribution is -2.38. The van der Waals surface area contributed by atoms with Crippen LogP contribution in [-0.4, -0.2) is 27.4 Å². The summed E-state index contributed by atoms with van der Waals surface area (Å²) in [6.45, 7) is 14.1. The highest BCUT2D eigenvalue weighted by Crippen LogP contribution is 2.49. The van der Waals surface area contributed by atoms with Gasteiger partial charge < -0.3 is 5.11 Å². The van der Waals surface area contributed by atoms with Gasteiger partial charge in [0, 0.05) is 0 Å². The lowest BCUT2D eigenvalue weighted by atomic mass is 9.95. The van der Waals surface area contributed by atoms with Gasteiger partial charge in [-0.05, 0) is 32.7 Å². The third-order valence-corrected chi connectivity index (χ3v) is 9.36. The van der Waals surface area contributed by atoms with Gasteiger partial charge in [0.15, 0.2) is 0 Å². The summed E-state index contributed by atoms with van der Waals surface area (Å²) in [6, 6.07) is 21.3. The molecule has 0 bridgehead atoms. The molecule has 1 aliphatic carbocycles. The van der Waals surface area contributed by atoms with E-state index in [2.05, 4.69) is 99.9 Å². The fourth-order valence-electron chi connectivity index (χ4n) is 4.07. The highest BCUT2D eigenvalue weighted by atomic mass is 28.3. The molecule has 0 amide bonds. The van der Waals surface area contributed by atoms with Crippen LogP contribution in [0.2, 0.25) is 39.3 Å². The molecule has 2 aromatic carbocycles. The molecular weight excluding hydrogens is 348 g/mol. The average molecular weight is 379 g/mol. The van der Waals surface area contributed by atoms with Gasteiger partial charge in [0.25, 0.3) is 0 Å². The van der Waals surface area contributed by atoms with E-state index in [1.807, 2.05) is 0 Å². The second-order valence-electron chi connectivity index (χ2n) is 9.21. The van der Waals surface area contributed by atoms with Gasteiger partial charge in [-0.25, -0.2) is 0 Å². The highest BCUT2D eigenvalue weighted by Gasteiger charge is 2.43. The normalized spacial score (nSPS) is 16.6. The molecule has 1 N–H and O–H groups in total. The van der Waals surface area contributed by atoms with Crippen molar-refractivity contribution in [3.8, 4) is 0 Å². The lowest BCUT2D eigenvalue weighted by molar-refractivity contribution is 0.263. The van der Waals surface area contributed by atoms with Crippen LogP contribution in [0.5, 0.6) is 0 Å². The van der Waals surface area contributed by atoms with Crippen molar-refractivity contribution >= 4 is 27.3 Å². The van der Waals surface area contributed by atoms with Crippen LogP contribution in [0.1, 0.15) is 11.1 Å². The van der Waals surface area contributed by atoms with Crippen molar-refractivity contribution in [2.24, 2.45) is 0 Å². The van der Waals surface area contributed by atoms with Gasteiger partial charge >= 0.3 is 0 Å². The molecule has 0 aliphatic heterocycles. The third-order valence-electron chi connectivity index (χ3n) is 5.08. The Bertz CT molecular complexity index is 777. The molecule has 3 rings (SSSR count). The summed E-state index contributed by atoms with van der Waals surface area (Å²) in [5.41, 5.74) is 5.05. The van der Waals surface area contributed by atoms with Crippen LogP contribution in [0.25, 0.3) is 11.1 Å². The molecule has 0 fully saturated rings. The summed E-state index contributed by atoms with van der Waals surface area (Å²) in [4.78, 5) is 0. The van der Waals surface area contributed by atoms with E-state index in [1.54, 1.807) is 0 Å². The predicted octanol–water partition coefficient (Wildman–Crippen LogP) is 6.02. The number of allylic oxidation sites excluding steroid dienone is 2. The molecule has 0 saturated heterocycles. The highest BCUT2D eigenvalue weighted by molar-refractivity contribution is 6.88. The molecule has 1 aliphatic rings. The molecule has 0 heterocycles. The lowest BCUT2D eigenvalue weighted by Gasteiger charge is -2.29. The van der Waals surface area contributed by atoms with Gasteiger partial charge in [0.05, 0.1) is 22.3 Å². The second-order valence-corrected chi connectivity index (χ2v) is 19.3. The van der Waals surface area contributed by atoms with Crippen LogP contribution >= 0.6 is 0 Å². The van der Waals surface area contributed by atoms with Crippen molar-refractivity contribution in [3.63, 3.8) is 0 Å². The molecule has 0 spiro atoms. The van der Waals surface area contributed by atoms with Crippen LogP contribution < -0.4 is 0 Å². The Morgan fingerprint density at radius 3 is 1.15 bits per heavy atom. The number of hydrogen-bond donors (Lipinski definition) is 1. The van der Waals surface area contributed by atoms with Crippen molar-refractivity contribution in [3.05, 3.63) is 82.2 Å². The fraction of sp³-hybridized carbons (Fsp3) is 0.304. The number of aliphatic hydroxyl groups is 1. The smallest absolute Gasteiger partial charge is 0.0909 e. The zero-order valence-electron chi connectivity index (χ0n) is 16.8. The fourth-order valence-corrected chi connectivity index (χ4v) is 8.18. The van der Waals surface area contributed by atoms with Crippen LogP contribution in [0.3, 0.4) is 0 Å². The van der Waals surface area contributed by atoms with E-state index in [-0.39, 0.29) is 0 Å². The Kier molecular flexibility index (Phi) is 4.99. The number of rotatable bonds is 4. The Hall–Kier alpha value is -1.69. The van der Waals surface area contributed by atoms with E-state index in [0.29, 0.717) is 0 Å². The maximum absolute atomic E-state index is 11.5. The SMILES string of the molecule is C[Si](C)(C)C1=C(c2ccccc2)C(c2ccccc2)=C([Si](C)(C)C)C1O. The number of hydrogen-bond acceptors (Lipinski definition) is 1. The van der Waals surface area contributed by atoms with Crippen LogP contribution in [-0.2, 0) is 0 Å². The van der Waals surface area contributed by atoms with Crippen molar-refractivity contribution in [2.45, 2.75) is 45.4 Å². The summed E-state index contributed by atoms with van der Waals surface area (Å²) in [6.07, 6.45) is -0.432. The quantitative estimate of drug-likeness (QED) is 0.645. The van der Waals surface area contributed by atoms with E-state index in [0.717, 1.165) is 0 Å². The van der Waals surface area contributed by atoms with Gasteiger partial charge in [0.2, 0.25) is 0 Å². The van der Waals surface area contributed by atoms with E-state index in [4.69, 9.17) is 0 Å². The third kappa shape index (κ3) is 3.44. The number of aliphatic hydroxyl groups excluding tert-OH is 1. The van der Waals surface area contributed by atoms with E-state index < -0.39 is 22.3 Å². The van der Waals surface area contributed by atoms with Crippen molar-refractivity contribution in [1.82, 2.24) is 0 Å². The summed E-state index contributed by atoms with van der Waals surface area (Å²) in [5, 5.41) is 14.1. The van der Waals surface area contributed by atoms with E-state index in [9.17, 15) is 5.11 Å². The van der Waals surface area contributed by atoms with Gasteiger partial charge in [0.1, 0.15) is 0 Å². The molecule has 0 radical (unpaired) electrons. The summed E-state index contributed by atoms with van der Waals surface area (Å²) in [7, 11) is -3.44. The molecule has 1 nitrogen and oxygen atoms in total. The van der Waals surface area contributed by atoms with E-state index >= 15 is 0 Å². The maximum Gasteiger partial charge on any atom is 0.0909 e. The minimum atomic E-state index is -1.72. The first-order valence-electron chi connectivity index (χ1n) is 9.41. The Morgan fingerprint density at radius 1 is 0.577 bits per heavy atom. The molecule has 0 atom stereocenters. The van der Waals surface area contributed by atoms with Gasteiger partial charge in [-0.2, -0.15) is 0 Å². The second kappa shape index (κ2) is 6.80. The first kappa shape index (κ1) is 19.1. The maximum atomic E-state index is 11.5. The monoisotopic (exact) mass is 378 g/mol. The molecule has 0 unspecified atom stereocenters. The zero-order chi connectivity index (χ0) is 19.1. The summed E-state index contributed by atoms with van der Waals surface area (Å²) < 4.78 is 0. The van der Waals surface area contributed by atoms with Crippen LogP contribution in [0.15, 0.2) is 71.1 Å². The molecule has 0 aromatic heterocycles. The van der Waals surface area contributed by atoms with Gasteiger partial charge in [-0.3, -0.25) is 0 Å². The van der Waals surface area contributed by atoms with Gasteiger partial charge in [-0.1, -0.05) is 99.9 Å². The van der Waals surface area contributed by atoms with Crippen molar-refractivity contribution in [2.75, 3.05) is 0 Å². The zero-order valence-corrected chi connectivity index (χ0v) is 18.8. The Balaban J connectivity index is 2.41. The molecule has 26 heavy (non-hydrogen) atoms. The predicted molar refractivity (Wildman–Crippen MR) is 119 cm³/mol. The Morgan fingerprint density at radius 2 is 0.885 bits per heavy atom. The topological polar surface area (TPSA) is 20.2 Å². The first-order chi connectivity index (χ1) is 12.1. The summed E-state index contributed by atoms with van der Waals surface area (Å²) in [5.74, 6) is 0. The van der Waals surface area contributed by atoms with Crippen molar-refractivity contribution in [1.29, 1.82) is 0 Å². The van der Waals surface area contributed by atoms with Crippen LogP contribution in [0, 0.1) is 0 Å². The average Bonchev–Trinajstić information content (AvgIpc) is 2.90. The standard InChI is InChI=1S/C23H30OSi2/c1-25(2,3)22-19(17-13-9-7-10-14-17)20(18-15-11-8-12-16-18)23(21(22)24)26(4,5)6/h7-16,21,24H,1-6H3. The molecule has 0 saturated carbocycles. The summed E-state index contributed by atoms with van der Waals surface area (Å²) >= 11 is 0.